The summed E-state index contributed by atoms with van der Waals surface area (Å²) in [6.45, 7) is -4.01. The molecule has 42 nitrogen and oxygen atoms in total. The average Bonchev–Trinajstić information content (AvgIpc) is 0.751. The number of aliphatic carboxylic acids is 2. The molecule has 4 aliphatic rings. The second-order valence-electron chi connectivity index (χ2n) is 24.2. The van der Waals surface area contributed by atoms with E-state index in [9.17, 15) is 97.6 Å². The quantitative estimate of drug-likeness (QED) is 0.0159. The minimum atomic E-state index is -6.39. The number of benzene rings is 5. The summed E-state index contributed by atoms with van der Waals surface area (Å²) in [6.07, 6.45) is -46.0. The predicted molar refractivity (Wildman–Crippen MR) is 351 cm³/mol. The van der Waals surface area contributed by atoms with Crippen molar-refractivity contribution in [3.63, 3.8) is 0 Å². The Hall–Kier alpha value is 1.28. The van der Waals surface area contributed by atoms with E-state index in [1.807, 2.05) is 0 Å². The molecule has 0 aromatic heterocycles. The van der Waals surface area contributed by atoms with Gasteiger partial charge in [-0.15, -0.1) is 6.58 Å². The molecule has 9 rings (SSSR count). The minimum Gasteiger partial charge on any atom is -0.735 e. The van der Waals surface area contributed by atoms with Crippen LogP contribution >= 0.6 is 0 Å². The maximum absolute atomic E-state index is 14.0. The molecule has 0 aliphatic carbocycles. The van der Waals surface area contributed by atoms with E-state index in [0.717, 1.165) is 6.08 Å². The fraction of sp³-hybridized carbons (Fsp3) is 0.460. The molecule has 2 N–H and O–H groups in total. The van der Waals surface area contributed by atoms with E-state index < -0.39 is 250 Å². The molecule has 5 aromatic carbocycles. The van der Waals surface area contributed by atoms with Crippen molar-refractivity contribution in [2.75, 3.05) is 26.9 Å². The molecule has 4 fully saturated rings. The van der Waals surface area contributed by atoms with Crippen molar-refractivity contribution in [2.45, 2.75) is 156 Å². The molecule has 119 heavy (non-hydrogen) atoms. The van der Waals surface area contributed by atoms with Crippen molar-refractivity contribution < 1.29 is 417 Å². The van der Waals surface area contributed by atoms with Crippen LogP contribution in [0.4, 0.5) is 0 Å². The third kappa shape index (κ3) is 38.6. The molecule has 614 valence electrons. The van der Waals surface area contributed by atoms with Gasteiger partial charge in [-0.25, -0.2) is 60.0 Å². The molecular weight excluding hydrogens is 1800 g/mol. The molecule has 4 heterocycles. The van der Waals surface area contributed by atoms with Crippen molar-refractivity contribution >= 4 is 74.1 Å². The smallest absolute Gasteiger partial charge is 0.735 e. The molecule has 0 spiro atoms. The van der Waals surface area contributed by atoms with E-state index in [1.54, 1.807) is 21.6 Å². The number of methoxy groups -OCH3 is 1. The summed E-state index contributed by atoms with van der Waals surface area (Å²) < 4.78 is 338. The number of carbonyl (C=O) groups excluding carboxylic acids is 2. The van der Waals surface area contributed by atoms with Crippen molar-refractivity contribution in [1.29, 1.82) is 0 Å². The number of carboxylic acid groups (broad SMARTS) is 2. The van der Waals surface area contributed by atoms with Gasteiger partial charge in [0.2, 0.25) is 41.6 Å². The number of ether oxygens (including phenoxy) is 14. The average molecular weight is 1870 g/mol. The summed E-state index contributed by atoms with van der Waals surface area (Å²) in [5.74, 6) is -4.39. The fourth-order valence-corrected chi connectivity index (χ4v) is 14.7. The fourth-order valence-electron chi connectivity index (χ4n) is 12.0. The summed E-state index contributed by atoms with van der Waals surface area (Å²) in [4.78, 5) is 27.5. The van der Waals surface area contributed by atoms with Crippen LogP contribution < -0.4 is 261 Å². The number of hydrogen-bond donors (Lipinski definition) is 2. The number of carbonyl (C=O) groups is 2. The van der Waals surface area contributed by atoms with Crippen molar-refractivity contribution in [1.82, 2.24) is 9.44 Å². The first-order valence-electron chi connectivity index (χ1n) is 32.4. The number of carboxylic acids is 2. The van der Waals surface area contributed by atoms with E-state index >= 15 is 0 Å². The van der Waals surface area contributed by atoms with Crippen molar-refractivity contribution in [2.24, 2.45) is 0 Å². The van der Waals surface area contributed by atoms with Gasteiger partial charge in [0.15, 0.2) is 58.0 Å². The van der Waals surface area contributed by atoms with Gasteiger partial charge in [-0.2, -0.15) is 0 Å². The summed E-state index contributed by atoms with van der Waals surface area (Å²) in [5.41, 5.74) is 0.961. The van der Waals surface area contributed by atoms with Gasteiger partial charge in [0.1, 0.15) is 91.1 Å². The van der Waals surface area contributed by atoms with Gasteiger partial charge in [0.05, 0.1) is 71.9 Å². The van der Waals surface area contributed by atoms with Crippen LogP contribution in [0.2, 0.25) is 0 Å². The van der Waals surface area contributed by atoms with Crippen molar-refractivity contribution in [3.8, 4) is 5.75 Å². The van der Waals surface area contributed by atoms with Crippen molar-refractivity contribution in [3.05, 3.63) is 186 Å². The second kappa shape index (κ2) is 54.9. The van der Waals surface area contributed by atoms with Gasteiger partial charge in [-0.05, 0) is 39.9 Å². The van der Waals surface area contributed by atoms with Gasteiger partial charge >= 0.3 is 236 Å². The molecule has 0 unspecified atom stereocenters. The van der Waals surface area contributed by atoms with Crippen LogP contribution in [-0.4, -0.2) is 239 Å². The molecule has 20 atom stereocenters. The first-order chi connectivity index (χ1) is 52.3. The SMILES string of the molecule is C=CCO[C@H]1O[C@H](COS(=O)(=O)[O-])[C@@H](O[C@H]2O[C@@H](C(=O)[O-])[C@H](O[C@@H]3O[C@@H](COS(=O)(=O)[O-])[C@H](O[C@H]4O[C@H](C(=O)[O-])[C@H](OCc5ccc(OC)cc5)[C@H](OCc5ccccc5)[C@H]4OS(=O)(=O)[O-])[C@H](OCc4ccccc4)[C@H]3NS(=O)(=O)[O-])[C@H](OCc3ccccc3)[C@@H]2OS(=O)(=O)[O-])[C@@H](OCc2ccccc2)[C@@H]1NS(=O)(=O)[O-].[Na+].[Na+].[Na+].[Na+].[Na+].[Na+].[Na+].[Na+]. The molecule has 5 aromatic rings. The van der Waals surface area contributed by atoms with Crippen LogP contribution in [0.25, 0.3) is 0 Å². The second-order valence-corrected chi connectivity index (χ2v) is 30.6. The third-order valence-electron chi connectivity index (χ3n) is 16.5. The largest absolute Gasteiger partial charge is 1.00 e. The molecule has 4 saturated heterocycles. The Bertz CT molecular complexity index is 4620. The molecule has 56 heteroatoms. The van der Waals surface area contributed by atoms with Crippen LogP contribution in [0.1, 0.15) is 27.8 Å². The van der Waals surface area contributed by atoms with E-state index in [1.165, 1.54) is 141 Å². The maximum atomic E-state index is 14.0. The van der Waals surface area contributed by atoms with E-state index in [0.29, 0.717) is 5.75 Å². The van der Waals surface area contributed by atoms with Crippen LogP contribution in [-0.2, 0) is 183 Å². The zero-order valence-electron chi connectivity index (χ0n) is 65.1. The zero-order valence-corrected chi connectivity index (χ0v) is 86.0. The topological polar surface area (TPSA) is 614 Å². The normalized spacial score (nSPS) is 27.1. The summed E-state index contributed by atoms with van der Waals surface area (Å²) in [6, 6.07) is 29.7. The Labute approximate surface area is 862 Å². The van der Waals surface area contributed by atoms with Crippen LogP contribution in [0.15, 0.2) is 158 Å². The number of hydrogen-bond acceptors (Lipinski definition) is 40. The number of rotatable bonds is 41. The Morgan fingerprint density at radius 3 is 0.992 bits per heavy atom. The summed E-state index contributed by atoms with van der Waals surface area (Å²) in [5, 5.41) is 27.5. The van der Waals surface area contributed by atoms with E-state index in [-0.39, 0.29) is 264 Å². The first kappa shape index (κ1) is 118. The minimum absolute atomic E-state index is 0. The molecule has 0 bridgehead atoms. The molecule has 0 amide bonds. The summed E-state index contributed by atoms with van der Waals surface area (Å²) >= 11 is 0. The standard InChI is InChI=1S/C63H76N2O40S6.8Na/c1-3-28-89-60-44(64-106(70,71)72)48(90-29-36-16-8-4-9-17-36)46(42(97-60)34-95-108(76,77)78)99-63-57(105-111(85,86)87)52(94-32-39-22-14-7-15-23-39)53(55(103-63)59(68)69)101-61-45(65-107(73,74)75)49(91-30-37-18-10-5-11-19-37)47(43(98-61)35-96-109(79,80)81)100-62-56(104-110(82,83)84)51(93-31-38-20-12-6-13-21-38)50(54(102-62)58(66)67)92-33-40-24-26-41(88-2)27-25-40;;;;;;;;/h3-27,42-57,60-65H,1,28-35H2,2H3,(H,66,67)(H,68,69)(H,70,71,72)(H,73,74,75)(H,76,77,78)(H,79,80,81)(H,82,83,84)(H,85,86,87);;;;;;;;/q;8*+1/p-8/t42-,43+,44+,45-,46-,47+,48+,49-,50-,51+,52+,53-,54+,55-,56-,57+,60+,61+,62+,63+;;;;;;;;/m1......../s1. The Kier molecular flexibility index (Phi) is 54.6. The Morgan fingerprint density at radius 1 is 0.370 bits per heavy atom. The first-order valence-corrected chi connectivity index (χ1v) is 40.5. The van der Waals surface area contributed by atoms with Gasteiger partial charge in [0.25, 0.3) is 0 Å². The molecule has 4 aliphatic heterocycles. The van der Waals surface area contributed by atoms with Gasteiger partial charge in [0, 0.05) is 0 Å². The molecular formula is C63H68N2Na8O40S6. The maximum Gasteiger partial charge on any atom is 1.00 e. The molecule has 0 radical (unpaired) electrons. The third-order valence-corrected chi connectivity index (χ3v) is 19.4. The Morgan fingerprint density at radius 2 is 0.672 bits per heavy atom. The van der Waals surface area contributed by atoms with E-state index in [4.69, 9.17) is 74.7 Å². The monoisotopic (exact) mass is 1870 g/mol. The Balaban J connectivity index is 0.00000885. The molecule has 0 saturated carbocycles. The zero-order chi connectivity index (χ0) is 80.6. The van der Waals surface area contributed by atoms with Crippen LogP contribution in [0.5, 0.6) is 5.75 Å². The van der Waals surface area contributed by atoms with Crippen LogP contribution in [0.3, 0.4) is 0 Å². The van der Waals surface area contributed by atoms with Gasteiger partial charge in [-0.3, -0.25) is 16.7 Å². The van der Waals surface area contributed by atoms with Gasteiger partial charge < -0.3 is 113 Å². The number of nitrogens with one attached hydrogen (secondary N) is 2. The summed E-state index contributed by atoms with van der Waals surface area (Å²) in [7, 11) is -35.0. The van der Waals surface area contributed by atoms with Crippen LogP contribution in [0, 0.1) is 0 Å². The van der Waals surface area contributed by atoms with E-state index in [2.05, 4.69) is 14.9 Å². The van der Waals surface area contributed by atoms with Gasteiger partial charge in [-0.1, -0.05) is 140 Å². The predicted octanol–water partition coefficient (Wildman–Crippen LogP) is -27.8.